The van der Waals surface area contributed by atoms with Crippen molar-refractivity contribution < 1.29 is 19.0 Å². The molecule has 0 N–H and O–H groups in total. The van der Waals surface area contributed by atoms with Crippen molar-refractivity contribution in [3.05, 3.63) is 53.6 Å². The second-order valence-electron chi connectivity index (χ2n) is 5.94. The molecule has 26 heavy (non-hydrogen) atoms. The summed E-state index contributed by atoms with van der Waals surface area (Å²) in [6.45, 7) is 0.678. The van der Waals surface area contributed by atoms with E-state index in [2.05, 4.69) is 12.1 Å². The van der Waals surface area contributed by atoms with E-state index in [1.165, 1.54) is 5.56 Å². The van der Waals surface area contributed by atoms with Crippen molar-refractivity contribution in [2.24, 2.45) is 0 Å². The zero-order valence-electron chi connectivity index (χ0n) is 15.2. The maximum absolute atomic E-state index is 12.4. The van der Waals surface area contributed by atoms with Crippen LogP contribution in [-0.4, -0.2) is 44.4 Å². The van der Waals surface area contributed by atoms with E-state index in [-0.39, 0.29) is 11.3 Å². The predicted molar refractivity (Wildman–Crippen MR) is 103 cm³/mol. The molecule has 1 unspecified atom stereocenters. The molecule has 0 saturated carbocycles. The number of benzene rings is 2. The Kier molecular flexibility index (Phi) is 5.93. The van der Waals surface area contributed by atoms with Crippen molar-refractivity contribution in [2.45, 2.75) is 11.8 Å². The summed E-state index contributed by atoms with van der Waals surface area (Å²) in [5.74, 6) is 2.40. The quantitative estimate of drug-likeness (QED) is 0.743. The van der Waals surface area contributed by atoms with E-state index >= 15 is 0 Å². The maximum atomic E-state index is 12.4. The molecule has 1 fully saturated rings. The second-order valence-corrected chi connectivity index (χ2v) is 7.01. The van der Waals surface area contributed by atoms with Crippen molar-refractivity contribution in [3.63, 3.8) is 0 Å². The van der Waals surface area contributed by atoms with Gasteiger partial charge < -0.3 is 19.1 Å². The van der Waals surface area contributed by atoms with Crippen molar-refractivity contribution in [1.82, 2.24) is 4.90 Å². The average Bonchev–Trinajstić information content (AvgIpc) is 3.06. The summed E-state index contributed by atoms with van der Waals surface area (Å²) in [4.78, 5) is 14.4. The molecule has 1 amide bonds. The van der Waals surface area contributed by atoms with Gasteiger partial charge in [-0.2, -0.15) is 0 Å². The van der Waals surface area contributed by atoms with Crippen LogP contribution < -0.4 is 14.2 Å². The Bertz CT molecular complexity index is 741. The molecule has 5 nitrogen and oxygen atoms in total. The number of amides is 1. The summed E-state index contributed by atoms with van der Waals surface area (Å²) >= 11 is 1.62. The topological polar surface area (TPSA) is 48.0 Å². The van der Waals surface area contributed by atoms with Crippen molar-refractivity contribution in [2.75, 3.05) is 33.6 Å². The Morgan fingerprint density at radius 2 is 1.69 bits per heavy atom. The minimum absolute atomic E-state index is 0.0556. The summed E-state index contributed by atoms with van der Waals surface area (Å²) in [7, 11) is 4.78. The lowest BCUT2D eigenvalue weighted by Crippen LogP contribution is -2.30. The fourth-order valence-corrected chi connectivity index (χ4v) is 4.31. The van der Waals surface area contributed by atoms with E-state index < -0.39 is 0 Å². The van der Waals surface area contributed by atoms with Gasteiger partial charge in [0.1, 0.15) is 5.37 Å². The molecule has 2 aromatic carbocycles. The smallest absolute Gasteiger partial charge is 0.233 e. The summed E-state index contributed by atoms with van der Waals surface area (Å²) in [6, 6.07) is 14.1. The Balaban J connectivity index is 1.85. The normalized spacial score (nSPS) is 16.7. The molecule has 0 bridgehead atoms. The summed E-state index contributed by atoms with van der Waals surface area (Å²) in [5, 5.41) is -0.0556. The molecule has 1 saturated heterocycles. The molecule has 138 valence electrons. The Labute approximate surface area is 158 Å². The van der Waals surface area contributed by atoms with Gasteiger partial charge in [-0.15, -0.1) is 11.8 Å². The Morgan fingerprint density at radius 3 is 2.27 bits per heavy atom. The molecule has 1 atom stereocenters. The van der Waals surface area contributed by atoms with E-state index in [9.17, 15) is 4.79 Å². The highest BCUT2D eigenvalue weighted by molar-refractivity contribution is 8.00. The predicted octanol–water partition coefficient (Wildman–Crippen LogP) is 3.53. The van der Waals surface area contributed by atoms with Gasteiger partial charge >= 0.3 is 0 Å². The number of carbonyl (C=O) groups is 1. The molecule has 0 aliphatic carbocycles. The van der Waals surface area contributed by atoms with E-state index in [1.54, 1.807) is 33.1 Å². The van der Waals surface area contributed by atoms with Crippen LogP contribution in [0.3, 0.4) is 0 Å². The highest BCUT2D eigenvalue weighted by Gasteiger charge is 2.33. The molecule has 1 heterocycles. The van der Waals surface area contributed by atoms with Crippen LogP contribution in [0.5, 0.6) is 17.2 Å². The third kappa shape index (κ3) is 3.75. The second kappa shape index (κ2) is 8.36. The van der Waals surface area contributed by atoms with Gasteiger partial charge in [0.25, 0.3) is 0 Å². The van der Waals surface area contributed by atoms with E-state index in [4.69, 9.17) is 14.2 Å². The van der Waals surface area contributed by atoms with E-state index in [0.717, 1.165) is 12.0 Å². The van der Waals surface area contributed by atoms with Crippen molar-refractivity contribution in [1.29, 1.82) is 0 Å². The van der Waals surface area contributed by atoms with Gasteiger partial charge in [0, 0.05) is 6.54 Å². The lowest BCUT2D eigenvalue weighted by Gasteiger charge is -2.25. The van der Waals surface area contributed by atoms with Crippen LogP contribution in [0.2, 0.25) is 0 Å². The van der Waals surface area contributed by atoms with Gasteiger partial charge in [-0.1, -0.05) is 30.3 Å². The molecule has 6 heteroatoms. The molecule has 1 aliphatic rings. The maximum Gasteiger partial charge on any atom is 0.233 e. The first-order valence-corrected chi connectivity index (χ1v) is 9.47. The van der Waals surface area contributed by atoms with Gasteiger partial charge in [0.05, 0.1) is 27.1 Å². The summed E-state index contributed by atoms with van der Waals surface area (Å²) in [6.07, 6.45) is 0.827. The largest absolute Gasteiger partial charge is 0.493 e. The zero-order chi connectivity index (χ0) is 18.5. The molecular formula is C20H23NO4S. The monoisotopic (exact) mass is 373 g/mol. The third-order valence-corrected chi connectivity index (χ3v) is 5.68. The lowest BCUT2D eigenvalue weighted by molar-refractivity contribution is -0.128. The van der Waals surface area contributed by atoms with Gasteiger partial charge in [-0.25, -0.2) is 0 Å². The number of hydrogen-bond donors (Lipinski definition) is 0. The number of thioether (sulfide) groups is 1. The summed E-state index contributed by atoms with van der Waals surface area (Å²) < 4.78 is 16.3. The molecule has 0 spiro atoms. The van der Waals surface area contributed by atoms with Crippen LogP contribution >= 0.6 is 11.8 Å². The molecular weight excluding hydrogens is 350 g/mol. The van der Waals surface area contributed by atoms with Gasteiger partial charge in [-0.05, 0) is 29.7 Å². The molecule has 3 rings (SSSR count). The third-order valence-electron chi connectivity index (χ3n) is 4.42. The summed E-state index contributed by atoms with van der Waals surface area (Å²) in [5.41, 5.74) is 2.20. The Hall–Kier alpha value is -2.34. The van der Waals surface area contributed by atoms with E-state index in [0.29, 0.717) is 29.5 Å². The number of methoxy groups -OCH3 is 3. The lowest BCUT2D eigenvalue weighted by atomic mass is 10.1. The highest BCUT2D eigenvalue weighted by atomic mass is 32.2. The molecule has 2 aromatic rings. The van der Waals surface area contributed by atoms with Crippen LogP contribution in [0.1, 0.15) is 16.5 Å². The fraction of sp³-hybridized carbons (Fsp3) is 0.350. The van der Waals surface area contributed by atoms with E-state index in [1.807, 2.05) is 35.2 Å². The molecule has 1 aliphatic heterocycles. The van der Waals surface area contributed by atoms with Gasteiger partial charge in [-0.3, -0.25) is 4.79 Å². The van der Waals surface area contributed by atoms with Gasteiger partial charge in [0.15, 0.2) is 11.5 Å². The molecule has 0 aromatic heterocycles. The number of nitrogens with zero attached hydrogens (tertiary/aromatic N) is 1. The minimum atomic E-state index is -0.0556. The van der Waals surface area contributed by atoms with Crippen LogP contribution in [0.4, 0.5) is 0 Å². The first kappa shape index (κ1) is 18.5. The number of carbonyl (C=O) groups excluding carboxylic acids is 1. The van der Waals surface area contributed by atoms with Crippen molar-refractivity contribution in [3.8, 4) is 17.2 Å². The highest BCUT2D eigenvalue weighted by Crippen LogP contribution is 2.45. The number of rotatable bonds is 7. The van der Waals surface area contributed by atoms with Crippen LogP contribution in [0.25, 0.3) is 0 Å². The zero-order valence-corrected chi connectivity index (χ0v) is 16.0. The van der Waals surface area contributed by atoms with Crippen LogP contribution in [-0.2, 0) is 11.2 Å². The fourth-order valence-electron chi connectivity index (χ4n) is 3.11. The Morgan fingerprint density at radius 1 is 1.04 bits per heavy atom. The average molecular weight is 373 g/mol. The first-order chi connectivity index (χ1) is 12.7. The van der Waals surface area contributed by atoms with Gasteiger partial charge in [0.2, 0.25) is 11.7 Å². The molecule has 0 radical (unpaired) electrons. The minimum Gasteiger partial charge on any atom is -0.493 e. The van der Waals surface area contributed by atoms with Crippen LogP contribution in [0, 0.1) is 0 Å². The van der Waals surface area contributed by atoms with Crippen molar-refractivity contribution >= 4 is 17.7 Å². The van der Waals surface area contributed by atoms with Crippen LogP contribution in [0.15, 0.2) is 42.5 Å². The standard InChI is InChI=1S/C20H23NO4S/c1-23-16-11-15(12-17(24-2)19(16)25-3)20-21(18(22)13-26-20)10-9-14-7-5-4-6-8-14/h4-8,11-12,20H,9-10,13H2,1-3H3. The SMILES string of the molecule is COc1cc(C2SCC(=O)N2CCc2ccccc2)cc(OC)c1OC. The number of hydrogen-bond acceptors (Lipinski definition) is 5. The number of ether oxygens (including phenoxy) is 3. The first-order valence-electron chi connectivity index (χ1n) is 8.42.